The van der Waals surface area contributed by atoms with E-state index in [0.717, 1.165) is 19.3 Å². The lowest BCUT2D eigenvalue weighted by Crippen LogP contribution is -2.44. The molecule has 1 aliphatic carbocycles. The maximum atomic E-state index is 13.2. The van der Waals surface area contributed by atoms with Crippen LogP contribution in [-0.2, 0) is 16.0 Å². The molecule has 0 bridgehead atoms. The molecule has 1 aromatic carbocycles. The molecule has 0 aromatic heterocycles. The second-order valence-electron chi connectivity index (χ2n) is 9.95. The molecule has 0 saturated heterocycles. The van der Waals surface area contributed by atoms with Crippen molar-refractivity contribution < 1.29 is 9.53 Å². The molecule has 134 valence electrons. The number of hydrogen-bond donors (Lipinski definition) is 0. The number of benzene rings is 1. The van der Waals surface area contributed by atoms with Crippen molar-refractivity contribution in [1.29, 1.82) is 0 Å². The highest BCUT2D eigenvalue weighted by Gasteiger charge is 2.48. The van der Waals surface area contributed by atoms with E-state index in [-0.39, 0.29) is 22.9 Å². The maximum Gasteiger partial charge on any atom is 0.312 e. The maximum absolute atomic E-state index is 13.2. The Kier molecular flexibility index (Phi) is 4.92. The van der Waals surface area contributed by atoms with Crippen LogP contribution < -0.4 is 0 Å². The molecule has 0 amide bonds. The Balaban J connectivity index is 2.24. The SMILES string of the molecule is Cc1ccc2c(c1)CCC2OC(=O)C(C)(CC(C)(C)C)C(C)(C)C. The number of rotatable bonds is 3. The molecule has 2 heteroatoms. The quantitative estimate of drug-likeness (QED) is 0.634. The molecular weight excluding hydrogens is 296 g/mol. The fourth-order valence-electron chi connectivity index (χ4n) is 3.79. The van der Waals surface area contributed by atoms with Crippen LogP contribution in [-0.4, -0.2) is 5.97 Å². The summed E-state index contributed by atoms with van der Waals surface area (Å²) in [5, 5.41) is 0. The Bertz CT molecular complexity index is 616. The Morgan fingerprint density at radius 1 is 1.12 bits per heavy atom. The van der Waals surface area contributed by atoms with Gasteiger partial charge in [0.2, 0.25) is 0 Å². The average Bonchev–Trinajstić information content (AvgIpc) is 2.77. The molecule has 0 N–H and O–H groups in total. The van der Waals surface area contributed by atoms with Gasteiger partial charge >= 0.3 is 5.97 Å². The van der Waals surface area contributed by atoms with Crippen molar-refractivity contribution in [3.05, 3.63) is 34.9 Å². The van der Waals surface area contributed by atoms with Crippen LogP contribution in [0.2, 0.25) is 0 Å². The van der Waals surface area contributed by atoms with Crippen molar-refractivity contribution in [1.82, 2.24) is 0 Å². The zero-order chi connectivity index (χ0) is 18.3. The summed E-state index contributed by atoms with van der Waals surface area (Å²) in [6, 6.07) is 6.47. The van der Waals surface area contributed by atoms with E-state index < -0.39 is 5.41 Å². The van der Waals surface area contributed by atoms with Gasteiger partial charge in [0, 0.05) is 0 Å². The molecule has 2 rings (SSSR count). The first-order valence-corrected chi connectivity index (χ1v) is 9.14. The monoisotopic (exact) mass is 330 g/mol. The second kappa shape index (κ2) is 6.20. The highest BCUT2D eigenvalue weighted by atomic mass is 16.5. The van der Waals surface area contributed by atoms with E-state index in [1.807, 2.05) is 0 Å². The van der Waals surface area contributed by atoms with E-state index in [4.69, 9.17) is 4.74 Å². The summed E-state index contributed by atoms with van der Waals surface area (Å²) >= 11 is 0. The van der Waals surface area contributed by atoms with Crippen LogP contribution in [0.25, 0.3) is 0 Å². The molecule has 0 fully saturated rings. The lowest BCUT2D eigenvalue weighted by molar-refractivity contribution is -0.171. The summed E-state index contributed by atoms with van der Waals surface area (Å²) in [4.78, 5) is 13.2. The third kappa shape index (κ3) is 3.84. The molecule has 0 aliphatic heterocycles. The first-order chi connectivity index (χ1) is 10.8. The van der Waals surface area contributed by atoms with Gasteiger partial charge in [-0.15, -0.1) is 0 Å². The van der Waals surface area contributed by atoms with Gasteiger partial charge in [0.05, 0.1) is 5.41 Å². The van der Waals surface area contributed by atoms with Crippen molar-refractivity contribution in [3.63, 3.8) is 0 Å². The van der Waals surface area contributed by atoms with Crippen LogP contribution in [0.5, 0.6) is 0 Å². The van der Waals surface area contributed by atoms with Gasteiger partial charge in [0.1, 0.15) is 6.10 Å². The van der Waals surface area contributed by atoms with Gasteiger partial charge in [-0.3, -0.25) is 4.79 Å². The van der Waals surface area contributed by atoms with E-state index in [1.165, 1.54) is 16.7 Å². The second-order valence-corrected chi connectivity index (χ2v) is 9.95. The summed E-state index contributed by atoms with van der Waals surface area (Å²) in [6.07, 6.45) is 2.63. The highest BCUT2D eigenvalue weighted by Crippen LogP contribution is 2.48. The van der Waals surface area contributed by atoms with Crippen LogP contribution >= 0.6 is 0 Å². The Labute approximate surface area is 148 Å². The van der Waals surface area contributed by atoms with Gasteiger partial charge in [-0.1, -0.05) is 65.3 Å². The Hall–Kier alpha value is -1.31. The summed E-state index contributed by atoms with van der Waals surface area (Å²) in [7, 11) is 0. The normalized spacial score (nSPS) is 20.4. The third-order valence-corrected chi connectivity index (χ3v) is 5.56. The van der Waals surface area contributed by atoms with Crippen molar-refractivity contribution in [2.45, 2.75) is 80.8 Å². The number of fused-ring (bicyclic) bond motifs is 1. The number of carbonyl (C=O) groups is 1. The molecular formula is C22H34O2. The molecule has 2 nitrogen and oxygen atoms in total. The molecule has 1 aliphatic rings. The Morgan fingerprint density at radius 2 is 1.75 bits per heavy atom. The topological polar surface area (TPSA) is 26.3 Å². The lowest BCUT2D eigenvalue weighted by Gasteiger charge is -2.43. The minimum absolute atomic E-state index is 0.0525. The molecule has 0 spiro atoms. The first-order valence-electron chi connectivity index (χ1n) is 9.14. The zero-order valence-corrected chi connectivity index (χ0v) is 16.7. The van der Waals surface area contributed by atoms with Crippen LogP contribution in [0.3, 0.4) is 0 Å². The molecule has 0 heterocycles. The van der Waals surface area contributed by atoms with E-state index in [1.54, 1.807) is 0 Å². The van der Waals surface area contributed by atoms with Gasteiger partial charge in [-0.05, 0) is 55.1 Å². The number of carbonyl (C=O) groups excluding carboxylic acids is 1. The molecule has 2 atom stereocenters. The van der Waals surface area contributed by atoms with Gasteiger partial charge in [0.25, 0.3) is 0 Å². The van der Waals surface area contributed by atoms with Crippen LogP contribution in [0.1, 0.15) is 84.1 Å². The lowest BCUT2D eigenvalue weighted by atomic mass is 9.61. The van der Waals surface area contributed by atoms with Gasteiger partial charge in [0.15, 0.2) is 0 Å². The molecule has 24 heavy (non-hydrogen) atoms. The Morgan fingerprint density at radius 3 is 2.29 bits per heavy atom. The standard InChI is InChI=1S/C22H34O2/c1-15-9-11-17-16(13-15)10-12-18(17)24-19(23)22(8,21(5,6)7)14-20(2,3)4/h9,11,13,18H,10,12,14H2,1-8H3. The van der Waals surface area contributed by atoms with Crippen LogP contribution in [0.15, 0.2) is 18.2 Å². The number of aryl methyl sites for hydroxylation is 2. The van der Waals surface area contributed by atoms with E-state index >= 15 is 0 Å². The third-order valence-electron chi connectivity index (χ3n) is 5.56. The van der Waals surface area contributed by atoms with Crippen molar-refractivity contribution >= 4 is 5.97 Å². The van der Waals surface area contributed by atoms with Crippen molar-refractivity contribution in [3.8, 4) is 0 Å². The first kappa shape index (κ1) is 19.0. The summed E-state index contributed by atoms with van der Waals surface area (Å²) < 4.78 is 6.08. The summed E-state index contributed by atoms with van der Waals surface area (Å²) in [5.74, 6) is -0.0525. The number of hydrogen-bond acceptors (Lipinski definition) is 2. The fraction of sp³-hybridized carbons (Fsp3) is 0.682. The van der Waals surface area contributed by atoms with E-state index in [9.17, 15) is 4.79 Å². The summed E-state index contributed by atoms with van der Waals surface area (Å²) in [6.45, 7) is 17.2. The smallest absolute Gasteiger partial charge is 0.312 e. The number of esters is 1. The van der Waals surface area contributed by atoms with Gasteiger partial charge < -0.3 is 4.74 Å². The molecule has 0 saturated carbocycles. The molecule has 1 aromatic rings. The fourth-order valence-corrected chi connectivity index (χ4v) is 3.79. The highest BCUT2D eigenvalue weighted by molar-refractivity contribution is 5.78. The predicted molar refractivity (Wildman–Crippen MR) is 100.0 cm³/mol. The van der Waals surface area contributed by atoms with Gasteiger partial charge in [-0.25, -0.2) is 0 Å². The van der Waals surface area contributed by atoms with E-state index in [0.29, 0.717) is 0 Å². The minimum Gasteiger partial charge on any atom is -0.457 e. The molecule has 0 radical (unpaired) electrons. The van der Waals surface area contributed by atoms with E-state index in [2.05, 4.69) is 73.6 Å². The predicted octanol–water partition coefficient (Wildman–Crippen LogP) is 6.01. The minimum atomic E-state index is -0.501. The summed E-state index contributed by atoms with van der Waals surface area (Å²) in [5.41, 5.74) is 3.23. The number of ether oxygens (including phenoxy) is 1. The zero-order valence-electron chi connectivity index (χ0n) is 16.7. The van der Waals surface area contributed by atoms with Crippen molar-refractivity contribution in [2.24, 2.45) is 16.2 Å². The van der Waals surface area contributed by atoms with Crippen LogP contribution in [0, 0.1) is 23.2 Å². The molecule has 2 unspecified atom stereocenters. The van der Waals surface area contributed by atoms with Crippen molar-refractivity contribution in [2.75, 3.05) is 0 Å². The average molecular weight is 331 g/mol. The largest absolute Gasteiger partial charge is 0.457 e. The van der Waals surface area contributed by atoms with Crippen LogP contribution in [0.4, 0.5) is 0 Å². The van der Waals surface area contributed by atoms with Gasteiger partial charge in [-0.2, -0.15) is 0 Å².